The highest BCUT2D eigenvalue weighted by Crippen LogP contribution is 2.31. The maximum absolute atomic E-state index is 13.8. The van der Waals surface area contributed by atoms with Gasteiger partial charge in [-0.2, -0.15) is 10.2 Å². The van der Waals surface area contributed by atoms with Crippen LogP contribution in [0, 0.1) is 11.3 Å². The number of nitrogens with two attached hydrogens (primary N) is 2. The Morgan fingerprint density at radius 2 is 1.73 bits per heavy atom. The molecule has 0 spiro atoms. The van der Waals surface area contributed by atoms with Crippen LogP contribution in [0.25, 0.3) is 27.7 Å². The van der Waals surface area contributed by atoms with Crippen molar-refractivity contribution >= 4 is 22.7 Å². The van der Waals surface area contributed by atoms with Gasteiger partial charge in [0.2, 0.25) is 5.95 Å². The number of rotatable bonds is 4. The summed E-state index contributed by atoms with van der Waals surface area (Å²) >= 11 is 0. The van der Waals surface area contributed by atoms with Crippen LogP contribution >= 0.6 is 0 Å². The molecule has 1 saturated carbocycles. The van der Waals surface area contributed by atoms with Gasteiger partial charge >= 0.3 is 0 Å². The van der Waals surface area contributed by atoms with E-state index in [2.05, 4.69) is 9.97 Å². The molecule has 1 aliphatic carbocycles. The van der Waals surface area contributed by atoms with E-state index in [0.29, 0.717) is 17.3 Å². The van der Waals surface area contributed by atoms with Crippen molar-refractivity contribution in [2.24, 2.45) is 0 Å². The van der Waals surface area contributed by atoms with E-state index in [0.717, 1.165) is 48.3 Å². The van der Waals surface area contributed by atoms with Gasteiger partial charge < -0.3 is 16.0 Å². The summed E-state index contributed by atoms with van der Waals surface area (Å²) in [6, 6.07) is 20.9. The average Bonchev–Trinajstić information content (AvgIpc) is 3.53. The summed E-state index contributed by atoms with van der Waals surface area (Å²) in [5.74, 6) is 0.934. The Kier molecular flexibility index (Phi) is 7.87. The largest absolute Gasteiger partial charge is 0.382 e. The number of aromatic nitrogens is 5. The Labute approximate surface area is 236 Å². The molecule has 4 N–H and O–H groups in total. The molecule has 1 fully saturated rings. The van der Waals surface area contributed by atoms with E-state index >= 15 is 0 Å². The summed E-state index contributed by atoms with van der Waals surface area (Å²) in [5.41, 5.74) is 13.8. The topological polar surface area (TPSA) is 159 Å². The third-order valence-electron chi connectivity index (χ3n) is 7.22. The molecule has 6 rings (SSSR count). The van der Waals surface area contributed by atoms with Crippen molar-refractivity contribution in [3.63, 3.8) is 0 Å². The molecule has 5 aromatic rings. The summed E-state index contributed by atoms with van der Waals surface area (Å²) in [6.45, 7) is 2.01. The molecule has 0 unspecified atom stereocenters. The molecule has 0 saturated heterocycles. The number of fused-ring (bicyclic) bond motifs is 1. The predicted octanol–water partition coefficient (Wildman–Crippen LogP) is 4.40. The molecule has 1 aliphatic rings. The van der Waals surface area contributed by atoms with Crippen molar-refractivity contribution in [3.8, 4) is 22.9 Å². The van der Waals surface area contributed by atoms with E-state index in [9.17, 15) is 9.59 Å². The molecule has 10 heteroatoms. The minimum absolute atomic E-state index is 0.0176. The number of nitrogens with zero attached hydrogens (tertiary/aromatic N) is 6. The minimum atomic E-state index is -0.0812. The highest BCUT2D eigenvalue weighted by molar-refractivity contribution is 5.94. The molecule has 0 radical (unpaired) electrons. The van der Waals surface area contributed by atoms with Gasteiger partial charge in [0.25, 0.3) is 11.1 Å². The maximum Gasteiger partial charge on any atom is 0.266 e. The molecule has 206 valence electrons. The first-order valence-corrected chi connectivity index (χ1v) is 13.5. The lowest BCUT2D eigenvalue weighted by atomic mass is 10.0. The maximum atomic E-state index is 13.8. The van der Waals surface area contributed by atoms with Crippen molar-refractivity contribution in [2.75, 3.05) is 11.5 Å². The zero-order valence-electron chi connectivity index (χ0n) is 22.7. The van der Waals surface area contributed by atoms with Gasteiger partial charge in [0.05, 0.1) is 22.8 Å². The smallest absolute Gasteiger partial charge is 0.266 e. The highest BCUT2D eigenvalue weighted by atomic mass is 16.1. The number of anilines is 2. The molecule has 0 amide bonds. The lowest BCUT2D eigenvalue weighted by molar-refractivity contribution is 0.503. The normalized spacial score (nSPS) is 13.0. The first-order valence-electron chi connectivity index (χ1n) is 13.5. The average molecular weight is 547 g/mol. The second-order valence-corrected chi connectivity index (χ2v) is 9.80. The van der Waals surface area contributed by atoms with Crippen molar-refractivity contribution < 1.29 is 0 Å². The number of nitrogen functional groups attached to an aromatic ring is 2. The van der Waals surface area contributed by atoms with Crippen LogP contribution in [-0.4, -0.2) is 24.1 Å². The fourth-order valence-corrected chi connectivity index (χ4v) is 5.22. The third-order valence-corrected chi connectivity index (χ3v) is 7.22. The standard InChI is InChI=1S/C26H25N3O2.C5H5N5/c1-2-23-27-22-14-8-13-21(25(22)26(31)29(23)20-11-4-3-5-12-20)18-15-16-24(30)28(17-18)19-9-6-7-10-19;6-1-3-2-9-5(8)10-4(3)7/h3-5,8,11-17,19H,2,6-7,9-10H2,1H3;2H,(H4,7,8,9,10). The number of nitriles is 1. The molecule has 0 atom stereocenters. The third kappa shape index (κ3) is 5.56. The van der Waals surface area contributed by atoms with E-state index in [4.69, 9.17) is 21.7 Å². The summed E-state index contributed by atoms with van der Waals surface area (Å²) in [5, 5.41) is 8.94. The second-order valence-electron chi connectivity index (χ2n) is 9.80. The van der Waals surface area contributed by atoms with Crippen molar-refractivity contribution in [1.29, 1.82) is 5.26 Å². The number of benzene rings is 2. The van der Waals surface area contributed by atoms with Crippen LogP contribution in [0.5, 0.6) is 0 Å². The van der Waals surface area contributed by atoms with E-state index < -0.39 is 0 Å². The number of para-hydroxylation sites is 1. The lowest BCUT2D eigenvalue weighted by Crippen LogP contribution is -2.24. The van der Waals surface area contributed by atoms with Crippen molar-refractivity contribution in [2.45, 2.75) is 45.1 Å². The zero-order valence-corrected chi connectivity index (χ0v) is 22.7. The molecule has 0 bridgehead atoms. The fraction of sp³-hybridized carbons (Fsp3) is 0.226. The van der Waals surface area contributed by atoms with Gasteiger partial charge in [-0.3, -0.25) is 14.2 Å². The molecule has 41 heavy (non-hydrogen) atoms. The van der Waals surface area contributed by atoms with Gasteiger partial charge in [0, 0.05) is 24.7 Å². The van der Waals surface area contributed by atoms with Crippen molar-refractivity contribution in [1.82, 2.24) is 24.1 Å². The van der Waals surface area contributed by atoms with Crippen LogP contribution in [0.1, 0.15) is 50.0 Å². The van der Waals surface area contributed by atoms with Crippen molar-refractivity contribution in [3.05, 3.63) is 105 Å². The van der Waals surface area contributed by atoms with Gasteiger partial charge in [-0.15, -0.1) is 0 Å². The summed E-state index contributed by atoms with van der Waals surface area (Å²) in [4.78, 5) is 38.3. The van der Waals surface area contributed by atoms with Crippen LogP contribution in [0.15, 0.2) is 82.6 Å². The highest BCUT2D eigenvalue weighted by Gasteiger charge is 2.20. The summed E-state index contributed by atoms with van der Waals surface area (Å²) in [6.07, 6.45) is 8.23. The van der Waals surface area contributed by atoms with E-state index in [-0.39, 0.29) is 34.5 Å². The number of hydrogen-bond acceptors (Lipinski definition) is 8. The number of aryl methyl sites for hydroxylation is 1. The monoisotopic (exact) mass is 546 g/mol. The fourth-order valence-electron chi connectivity index (χ4n) is 5.22. The van der Waals surface area contributed by atoms with Crippen LogP contribution < -0.4 is 22.6 Å². The Balaban J connectivity index is 0.000000287. The first-order chi connectivity index (χ1) is 19.9. The van der Waals surface area contributed by atoms with E-state index in [1.807, 2.05) is 78.4 Å². The molecular weight excluding hydrogens is 516 g/mol. The van der Waals surface area contributed by atoms with Gasteiger partial charge in [0.1, 0.15) is 23.3 Å². The van der Waals surface area contributed by atoms with E-state index in [1.165, 1.54) is 6.20 Å². The molecule has 2 aromatic carbocycles. The van der Waals surface area contributed by atoms with Crippen LogP contribution in [-0.2, 0) is 6.42 Å². The SMILES string of the molecule is CCc1nc2cccc(-c3ccc(=O)n(C4CCCC4)c3)c2c(=O)n1-c1ccccc1.N#Cc1cnc(N)nc1N. The summed E-state index contributed by atoms with van der Waals surface area (Å²) in [7, 11) is 0. The predicted molar refractivity (Wildman–Crippen MR) is 159 cm³/mol. The molecule has 3 aromatic heterocycles. The van der Waals surface area contributed by atoms with Crippen LogP contribution in [0.4, 0.5) is 11.8 Å². The molecular formula is C31H30N8O2. The van der Waals surface area contributed by atoms with E-state index in [1.54, 1.807) is 10.6 Å². The Morgan fingerprint density at radius 3 is 2.41 bits per heavy atom. The minimum Gasteiger partial charge on any atom is -0.382 e. The van der Waals surface area contributed by atoms with Gasteiger partial charge in [-0.05, 0) is 48.2 Å². The first kappa shape index (κ1) is 27.3. The number of pyridine rings is 1. The number of hydrogen-bond donors (Lipinski definition) is 2. The van der Waals surface area contributed by atoms with Gasteiger partial charge in [-0.1, -0.05) is 50.1 Å². The van der Waals surface area contributed by atoms with Crippen LogP contribution in [0.3, 0.4) is 0 Å². The molecule has 3 heterocycles. The van der Waals surface area contributed by atoms with Gasteiger partial charge in [-0.25, -0.2) is 9.97 Å². The quantitative estimate of drug-likeness (QED) is 0.335. The van der Waals surface area contributed by atoms with Gasteiger partial charge in [0.15, 0.2) is 0 Å². The Bertz CT molecular complexity index is 1870. The molecule has 0 aliphatic heterocycles. The lowest BCUT2D eigenvalue weighted by Gasteiger charge is -2.17. The van der Waals surface area contributed by atoms with Crippen LogP contribution in [0.2, 0.25) is 0 Å². The Morgan fingerprint density at radius 1 is 0.976 bits per heavy atom. The second kappa shape index (κ2) is 11.8. The Hall–Kier alpha value is -5.30. The zero-order chi connectivity index (χ0) is 28.9. The summed E-state index contributed by atoms with van der Waals surface area (Å²) < 4.78 is 3.56. The molecule has 10 nitrogen and oxygen atoms in total.